The van der Waals surface area contributed by atoms with Crippen LogP contribution in [0.2, 0.25) is 0 Å². The SMILES string of the molecule is CCc1ccccc1C(O)COc1ccc(Cc2sc(=O)[nH]c2O)cc1. The topological polar surface area (TPSA) is 82.5 Å². The Kier molecular flexibility index (Phi) is 5.75. The van der Waals surface area contributed by atoms with E-state index >= 15 is 0 Å². The van der Waals surface area contributed by atoms with E-state index in [0.717, 1.165) is 34.4 Å². The lowest BCUT2D eigenvalue weighted by Gasteiger charge is -2.16. The van der Waals surface area contributed by atoms with E-state index in [4.69, 9.17) is 4.74 Å². The molecule has 3 rings (SSSR count). The Labute approximate surface area is 155 Å². The van der Waals surface area contributed by atoms with Crippen LogP contribution in [0.25, 0.3) is 0 Å². The highest BCUT2D eigenvalue weighted by atomic mass is 32.1. The molecular weight excluding hydrogens is 350 g/mol. The van der Waals surface area contributed by atoms with Gasteiger partial charge in [-0.1, -0.05) is 54.7 Å². The van der Waals surface area contributed by atoms with Gasteiger partial charge in [0.1, 0.15) is 18.5 Å². The summed E-state index contributed by atoms with van der Waals surface area (Å²) < 4.78 is 5.70. The van der Waals surface area contributed by atoms with E-state index in [1.54, 1.807) is 0 Å². The average molecular weight is 371 g/mol. The molecule has 1 unspecified atom stereocenters. The molecular formula is C20H21NO4S. The molecule has 0 aliphatic rings. The van der Waals surface area contributed by atoms with Crippen molar-refractivity contribution in [3.8, 4) is 11.6 Å². The van der Waals surface area contributed by atoms with Gasteiger partial charge in [0.05, 0.1) is 4.88 Å². The second-order valence-corrected chi connectivity index (χ2v) is 7.05. The smallest absolute Gasteiger partial charge is 0.307 e. The number of aryl methyl sites for hydroxylation is 1. The Hall–Kier alpha value is -2.57. The number of H-pyrrole nitrogens is 1. The quantitative estimate of drug-likeness (QED) is 0.594. The van der Waals surface area contributed by atoms with E-state index in [1.807, 2.05) is 48.5 Å². The molecule has 1 atom stereocenters. The second kappa shape index (κ2) is 8.21. The molecule has 5 nitrogen and oxygen atoms in total. The molecule has 26 heavy (non-hydrogen) atoms. The van der Waals surface area contributed by atoms with Gasteiger partial charge in [-0.3, -0.25) is 9.78 Å². The number of nitrogens with one attached hydrogen (secondary N) is 1. The van der Waals surface area contributed by atoms with Gasteiger partial charge < -0.3 is 14.9 Å². The molecule has 3 N–H and O–H groups in total. The lowest BCUT2D eigenvalue weighted by atomic mass is 10.0. The zero-order valence-electron chi connectivity index (χ0n) is 14.4. The summed E-state index contributed by atoms with van der Waals surface area (Å²) >= 11 is 1.00. The van der Waals surface area contributed by atoms with Crippen LogP contribution in [-0.4, -0.2) is 21.8 Å². The van der Waals surface area contributed by atoms with Crippen molar-refractivity contribution >= 4 is 11.3 Å². The van der Waals surface area contributed by atoms with Gasteiger partial charge in [0.2, 0.25) is 5.88 Å². The summed E-state index contributed by atoms with van der Waals surface area (Å²) in [6.45, 7) is 2.24. The first-order chi connectivity index (χ1) is 12.6. The Balaban J connectivity index is 1.60. The zero-order chi connectivity index (χ0) is 18.5. The lowest BCUT2D eigenvalue weighted by Crippen LogP contribution is -2.11. The summed E-state index contributed by atoms with van der Waals surface area (Å²) in [5.74, 6) is 0.589. The maximum absolute atomic E-state index is 11.2. The first kappa shape index (κ1) is 18.2. The normalized spacial score (nSPS) is 12.1. The van der Waals surface area contributed by atoms with E-state index < -0.39 is 6.10 Å². The fourth-order valence-electron chi connectivity index (χ4n) is 2.81. The predicted molar refractivity (Wildman–Crippen MR) is 102 cm³/mol. The molecule has 1 heterocycles. The molecule has 136 valence electrons. The van der Waals surface area contributed by atoms with Gasteiger partial charge in [0.15, 0.2) is 0 Å². The Morgan fingerprint density at radius 2 is 1.88 bits per heavy atom. The van der Waals surface area contributed by atoms with Gasteiger partial charge in [-0.05, 0) is 35.2 Å². The highest BCUT2D eigenvalue weighted by Crippen LogP contribution is 2.23. The van der Waals surface area contributed by atoms with Crippen LogP contribution < -0.4 is 9.61 Å². The number of aromatic amines is 1. The number of aliphatic hydroxyl groups excluding tert-OH is 1. The molecule has 0 bridgehead atoms. The standard InChI is InChI=1S/C20H21NO4S/c1-2-14-5-3-4-6-16(14)17(22)12-25-15-9-7-13(8-10-15)11-18-19(23)21-20(24)26-18/h3-10,17,22-23H,2,11-12H2,1H3,(H,21,24). The minimum absolute atomic E-state index is 0.0713. The van der Waals surface area contributed by atoms with Crippen LogP contribution in [0.1, 0.15) is 34.6 Å². The first-order valence-corrected chi connectivity index (χ1v) is 9.27. The summed E-state index contributed by atoms with van der Waals surface area (Å²) in [5, 5.41) is 20.0. The van der Waals surface area contributed by atoms with Crippen LogP contribution >= 0.6 is 11.3 Å². The molecule has 0 radical (unpaired) electrons. The highest BCUT2D eigenvalue weighted by Gasteiger charge is 2.12. The van der Waals surface area contributed by atoms with Crippen molar-refractivity contribution in [2.24, 2.45) is 0 Å². The summed E-state index contributed by atoms with van der Waals surface area (Å²) in [5.41, 5.74) is 2.97. The third-order valence-electron chi connectivity index (χ3n) is 4.19. The minimum atomic E-state index is -0.681. The molecule has 0 spiro atoms. The largest absolute Gasteiger partial charge is 0.494 e. The van der Waals surface area contributed by atoms with E-state index in [1.165, 1.54) is 0 Å². The molecule has 0 saturated heterocycles. The summed E-state index contributed by atoms with van der Waals surface area (Å²) in [6, 6.07) is 15.2. The van der Waals surface area contributed by atoms with Gasteiger partial charge in [-0.15, -0.1) is 0 Å². The second-order valence-electron chi connectivity index (χ2n) is 5.99. The summed E-state index contributed by atoms with van der Waals surface area (Å²) in [6.07, 6.45) is 0.655. The van der Waals surface area contributed by atoms with Gasteiger partial charge in [0, 0.05) is 6.42 Å². The van der Waals surface area contributed by atoms with Crippen molar-refractivity contribution < 1.29 is 14.9 Å². The molecule has 3 aromatic rings. The predicted octanol–water partition coefficient (Wildman–Crippen LogP) is 3.41. The van der Waals surface area contributed by atoms with Gasteiger partial charge >= 0.3 is 4.87 Å². The Morgan fingerprint density at radius 1 is 1.15 bits per heavy atom. The Morgan fingerprint density at radius 3 is 2.54 bits per heavy atom. The number of benzene rings is 2. The minimum Gasteiger partial charge on any atom is -0.494 e. The molecule has 0 saturated carbocycles. The molecule has 0 fully saturated rings. The number of aromatic nitrogens is 1. The van der Waals surface area contributed by atoms with Crippen molar-refractivity contribution in [2.75, 3.05) is 6.61 Å². The molecule has 0 aliphatic heterocycles. The number of thiazole rings is 1. The summed E-state index contributed by atoms with van der Waals surface area (Å²) in [4.78, 5) is 13.9. The average Bonchev–Trinajstić information content (AvgIpc) is 2.97. The number of aliphatic hydroxyl groups is 1. The van der Waals surface area contributed by atoms with E-state index in [-0.39, 0.29) is 17.4 Å². The van der Waals surface area contributed by atoms with Gasteiger partial charge in [-0.25, -0.2) is 0 Å². The first-order valence-electron chi connectivity index (χ1n) is 8.45. The maximum atomic E-state index is 11.2. The molecule has 2 aromatic carbocycles. The van der Waals surface area contributed by atoms with Crippen LogP contribution in [0.3, 0.4) is 0 Å². The molecule has 0 amide bonds. The van der Waals surface area contributed by atoms with Crippen molar-refractivity contribution in [2.45, 2.75) is 25.9 Å². The fourth-order valence-corrected chi connectivity index (χ4v) is 3.57. The van der Waals surface area contributed by atoms with Crippen molar-refractivity contribution in [3.63, 3.8) is 0 Å². The van der Waals surface area contributed by atoms with Crippen LogP contribution in [0.4, 0.5) is 0 Å². The molecule has 6 heteroatoms. The van der Waals surface area contributed by atoms with Crippen LogP contribution in [0.15, 0.2) is 53.3 Å². The number of ether oxygens (including phenoxy) is 1. The summed E-state index contributed by atoms with van der Waals surface area (Å²) in [7, 11) is 0. The fraction of sp³-hybridized carbons (Fsp3) is 0.250. The third kappa shape index (κ3) is 4.33. The third-order valence-corrected chi connectivity index (χ3v) is 5.06. The number of rotatable bonds is 7. The van der Waals surface area contributed by atoms with Crippen LogP contribution in [0, 0.1) is 0 Å². The number of hydrogen-bond donors (Lipinski definition) is 3. The lowest BCUT2D eigenvalue weighted by molar-refractivity contribution is 0.107. The van der Waals surface area contributed by atoms with Crippen molar-refractivity contribution in [3.05, 3.63) is 79.8 Å². The monoisotopic (exact) mass is 371 g/mol. The van der Waals surface area contributed by atoms with E-state index in [2.05, 4.69) is 11.9 Å². The highest BCUT2D eigenvalue weighted by molar-refractivity contribution is 7.09. The number of aromatic hydroxyl groups is 1. The number of hydrogen-bond acceptors (Lipinski definition) is 5. The Bertz CT molecular complexity index is 914. The van der Waals surface area contributed by atoms with Gasteiger partial charge in [0.25, 0.3) is 0 Å². The maximum Gasteiger partial charge on any atom is 0.307 e. The zero-order valence-corrected chi connectivity index (χ0v) is 15.3. The van der Waals surface area contributed by atoms with Gasteiger partial charge in [-0.2, -0.15) is 0 Å². The van der Waals surface area contributed by atoms with Crippen LogP contribution in [-0.2, 0) is 12.8 Å². The molecule has 1 aromatic heterocycles. The van der Waals surface area contributed by atoms with Crippen molar-refractivity contribution in [1.82, 2.24) is 4.98 Å². The van der Waals surface area contributed by atoms with E-state index in [9.17, 15) is 15.0 Å². The van der Waals surface area contributed by atoms with E-state index in [0.29, 0.717) is 17.0 Å². The van der Waals surface area contributed by atoms with Crippen LogP contribution in [0.5, 0.6) is 11.6 Å². The molecule has 0 aliphatic carbocycles. The van der Waals surface area contributed by atoms with Crippen molar-refractivity contribution in [1.29, 1.82) is 0 Å².